The number of aryl methyl sites for hydroxylation is 1. The molecule has 3 aromatic carbocycles. The molecule has 0 unspecified atom stereocenters. The monoisotopic (exact) mass is 390 g/mol. The normalized spacial score (nSPS) is 10.9. The minimum atomic E-state index is -0.0120. The van der Waals surface area contributed by atoms with E-state index in [-0.39, 0.29) is 5.91 Å². The van der Waals surface area contributed by atoms with Gasteiger partial charge in [-0.15, -0.1) is 23.1 Å². The molecule has 1 N–H and O–H groups in total. The number of carbonyl (C=O) groups excluding carboxylic acids is 1. The van der Waals surface area contributed by atoms with E-state index in [0.717, 1.165) is 31.4 Å². The summed E-state index contributed by atoms with van der Waals surface area (Å²) < 4.78 is 1.16. The Morgan fingerprint density at radius 3 is 2.67 bits per heavy atom. The van der Waals surface area contributed by atoms with Crippen LogP contribution in [0.3, 0.4) is 0 Å². The molecule has 1 amide bonds. The summed E-state index contributed by atoms with van der Waals surface area (Å²) in [4.78, 5) is 18.1. The molecule has 1 heterocycles. The van der Waals surface area contributed by atoms with Crippen LogP contribution in [0.25, 0.3) is 20.8 Å². The molecule has 0 saturated heterocycles. The maximum Gasteiger partial charge on any atom is 0.234 e. The molecule has 0 radical (unpaired) electrons. The van der Waals surface area contributed by atoms with E-state index in [9.17, 15) is 4.79 Å². The standard InChI is InChI=1S/C22H18N2OS2/c1-15-9-11-18(12-10-15)26-14-21(25)23-17-6-4-5-16(13-17)22-24-19-7-2-3-8-20(19)27-22/h2-13H,14H2,1H3,(H,23,25). The first-order chi connectivity index (χ1) is 13.2. The molecule has 0 fully saturated rings. The van der Waals surface area contributed by atoms with Gasteiger partial charge in [0.1, 0.15) is 5.01 Å². The van der Waals surface area contributed by atoms with E-state index in [2.05, 4.69) is 35.4 Å². The highest BCUT2D eigenvalue weighted by Crippen LogP contribution is 2.31. The van der Waals surface area contributed by atoms with Crippen LogP contribution in [0.1, 0.15) is 5.56 Å². The second kappa shape index (κ2) is 7.94. The summed E-state index contributed by atoms with van der Waals surface area (Å²) in [5.41, 5.74) is 4.03. The molecule has 0 aliphatic rings. The minimum absolute atomic E-state index is 0.0120. The van der Waals surface area contributed by atoms with Crippen LogP contribution in [0.5, 0.6) is 0 Å². The number of fused-ring (bicyclic) bond motifs is 1. The Labute approximate surface area is 166 Å². The van der Waals surface area contributed by atoms with Gasteiger partial charge in [-0.25, -0.2) is 4.98 Å². The third-order valence-electron chi connectivity index (χ3n) is 4.08. The summed E-state index contributed by atoms with van der Waals surface area (Å²) in [6.07, 6.45) is 0. The summed E-state index contributed by atoms with van der Waals surface area (Å²) in [7, 11) is 0. The van der Waals surface area contributed by atoms with Crippen LogP contribution >= 0.6 is 23.1 Å². The Morgan fingerprint density at radius 2 is 1.85 bits per heavy atom. The molecule has 0 bridgehead atoms. The number of thioether (sulfide) groups is 1. The Hall–Kier alpha value is -2.63. The summed E-state index contributed by atoms with van der Waals surface area (Å²) >= 11 is 3.20. The van der Waals surface area contributed by atoms with Crippen LogP contribution in [-0.2, 0) is 4.79 Å². The first-order valence-electron chi connectivity index (χ1n) is 8.63. The van der Waals surface area contributed by atoms with Crippen molar-refractivity contribution in [3.05, 3.63) is 78.4 Å². The summed E-state index contributed by atoms with van der Waals surface area (Å²) in [6, 6.07) is 24.2. The second-order valence-corrected chi connectivity index (χ2v) is 8.30. The van der Waals surface area contributed by atoms with Gasteiger partial charge < -0.3 is 5.32 Å². The van der Waals surface area contributed by atoms with Crippen molar-refractivity contribution in [2.24, 2.45) is 0 Å². The van der Waals surface area contributed by atoms with Crippen LogP contribution in [0.2, 0.25) is 0 Å². The third-order valence-corrected chi connectivity index (χ3v) is 6.18. The van der Waals surface area contributed by atoms with E-state index in [4.69, 9.17) is 0 Å². The maximum atomic E-state index is 12.3. The topological polar surface area (TPSA) is 42.0 Å². The van der Waals surface area contributed by atoms with Crippen LogP contribution in [-0.4, -0.2) is 16.6 Å². The summed E-state index contributed by atoms with van der Waals surface area (Å²) in [5, 5.41) is 3.94. The number of carbonyl (C=O) groups is 1. The largest absolute Gasteiger partial charge is 0.325 e. The van der Waals surface area contributed by atoms with E-state index in [1.54, 1.807) is 11.3 Å². The number of nitrogens with one attached hydrogen (secondary N) is 1. The lowest BCUT2D eigenvalue weighted by atomic mass is 10.2. The Balaban J connectivity index is 1.44. The molecule has 0 atom stereocenters. The molecule has 1 aromatic heterocycles. The van der Waals surface area contributed by atoms with Gasteiger partial charge in [0.2, 0.25) is 5.91 Å². The quantitative estimate of drug-likeness (QED) is 0.425. The zero-order valence-electron chi connectivity index (χ0n) is 14.8. The summed E-state index contributed by atoms with van der Waals surface area (Å²) in [5.74, 6) is 0.371. The first-order valence-corrected chi connectivity index (χ1v) is 10.4. The molecule has 0 saturated carbocycles. The fraction of sp³-hybridized carbons (Fsp3) is 0.0909. The molecular formula is C22H18N2OS2. The first kappa shape index (κ1) is 17.8. The molecule has 0 aliphatic carbocycles. The zero-order chi connectivity index (χ0) is 18.6. The van der Waals surface area contributed by atoms with Crippen molar-refractivity contribution in [2.45, 2.75) is 11.8 Å². The zero-order valence-corrected chi connectivity index (χ0v) is 16.4. The number of amides is 1. The highest BCUT2D eigenvalue weighted by atomic mass is 32.2. The van der Waals surface area contributed by atoms with Crippen molar-refractivity contribution < 1.29 is 4.79 Å². The number of para-hydroxylation sites is 1. The lowest BCUT2D eigenvalue weighted by Gasteiger charge is -2.07. The molecule has 134 valence electrons. The number of thiazole rings is 1. The van der Waals surface area contributed by atoms with Gasteiger partial charge >= 0.3 is 0 Å². The number of hydrogen-bond acceptors (Lipinski definition) is 4. The Bertz CT molecular complexity index is 1050. The lowest BCUT2D eigenvalue weighted by Crippen LogP contribution is -2.13. The number of aromatic nitrogens is 1. The van der Waals surface area contributed by atoms with Crippen molar-refractivity contribution in [3.63, 3.8) is 0 Å². The van der Waals surface area contributed by atoms with Crippen LogP contribution in [0, 0.1) is 6.92 Å². The van der Waals surface area contributed by atoms with E-state index >= 15 is 0 Å². The second-order valence-electron chi connectivity index (χ2n) is 6.22. The Kier molecular flexibility index (Phi) is 5.23. The van der Waals surface area contributed by atoms with Gasteiger partial charge in [-0.2, -0.15) is 0 Å². The van der Waals surface area contributed by atoms with E-state index in [1.807, 2.05) is 54.6 Å². The molecular weight excluding hydrogens is 372 g/mol. The van der Waals surface area contributed by atoms with Crippen molar-refractivity contribution in [2.75, 3.05) is 11.1 Å². The maximum absolute atomic E-state index is 12.3. The average molecular weight is 391 g/mol. The molecule has 0 aliphatic heterocycles. The van der Waals surface area contributed by atoms with Crippen molar-refractivity contribution >= 4 is 44.9 Å². The molecule has 4 rings (SSSR count). The van der Waals surface area contributed by atoms with E-state index in [1.165, 1.54) is 17.3 Å². The van der Waals surface area contributed by atoms with Gasteiger partial charge in [-0.05, 0) is 43.3 Å². The lowest BCUT2D eigenvalue weighted by molar-refractivity contribution is -0.113. The number of benzene rings is 3. The fourth-order valence-electron chi connectivity index (χ4n) is 2.71. The predicted molar refractivity (Wildman–Crippen MR) is 116 cm³/mol. The van der Waals surface area contributed by atoms with E-state index < -0.39 is 0 Å². The van der Waals surface area contributed by atoms with Crippen LogP contribution < -0.4 is 5.32 Å². The van der Waals surface area contributed by atoms with Crippen molar-refractivity contribution in [3.8, 4) is 10.6 Å². The smallest absolute Gasteiger partial charge is 0.234 e. The van der Waals surface area contributed by atoms with Gasteiger partial charge in [0.15, 0.2) is 0 Å². The van der Waals surface area contributed by atoms with Gasteiger partial charge in [0.25, 0.3) is 0 Å². The average Bonchev–Trinajstić information content (AvgIpc) is 3.12. The van der Waals surface area contributed by atoms with Crippen LogP contribution in [0.15, 0.2) is 77.7 Å². The van der Waals surface area contributed by atoms with Crippen molar-refractivity contribution in [1.29, 1.82) is 0 Å². The third kappa shape index (κ3) is 4.38. The molecule has 5 heteroatoms. The number of nitrogens with zero attached hydrogens (tertiary/aromatic N) is 1. The SMILES string of the molecule is Cc1ccc(SCC(=O)Nc2cccc(-c3nc4ccccc4s3)c2)cc1. The van der Waals surface area contributed by atoms with Gasteiger partial charge in [0, 0.05) is 16.1 Å². The number of hydrogen-bond donors (Lipinski definition) is 1. The van der Waals surface area contributed by atoms with E-state index in [0.29, 0.717) is 5.75 Å². The van der Waals surface area contributed by atoms with Crippen molar-refractivity contribution in [1.82, 2.24) is 4.98 Å². The molecule has 0 spiro atoms. The minimum Gasteiger partial charge on any atom is -0.325 e. The predicted octanol–water partition coefficient (Wildman–Crippen LogP) is 6.00. The Morgan fingerprint density at radius 1 is 1.04 bits per heavy atom. The summed E-state index contributed by atoms with van der Waals surface area (Å²) in [6.45, 7) is 2.06. The fourth-order valence-corrected chi connectivity index (χ4v) is 4.37. The van der Waals surface area contributed by atoms with Gasteiger partial charge in [-0.3, -0.25) is 4.79 Å². The van der Waals surface area contributed by atoms with Crippen LogP contribution in [0.4, 0.5) is 5.69 Å². The molecule has 3 nitrogen and oxygen atoms in total. The molecule has 27 heavy (non-hydrogen) atoms. The number of rotatable bonds is 5. The van der Waals surface area contributed by atoms with Gasteiger partial charge in [-0.1, -0.05) is 42.0 Å². The number of anilines is 1. The highest BCUT2D eigenvalue weighted by molar-refractivity contribution is 8.00. The molecule has 4 aromatic rings. The highest BCUT2D eigenvalue weighted by Gasteiger charge is 2.08. The van der Waals surface area contributed by atoms with Gasteiger partial charge in [0.05, 0.1) is 16.0 Å².